The van der Waals surface area contributed by atoms with Gasteiger partial charge in [0.25, 0.3) is 0 Å². The fourth-order valence-corrected chi connectivity index (χ4v) is 2.17. The van der Waals surface area contributed by atoms with Crippen LogP contribution in [-0.2, 0) is 4.79 Å². The van der Waals surface area contributed by atoms with Gasteiger partial charge in [0.2, 0.25) is 5.91 Å². The van der Waals surface area contributed by atoms with Gasteiger partial charge in [-0.1, -0.05) is 50.6 Å². The third-order valence-electron chi connectivity index (χ3n) is 3.81. The average molecular weight is 286 g/mol. The van der Waals surface area contributed by atoms with E-state index in [1.54, 1.807) is 6.26 Å². The Morgan fingerprint density at radius 2 is 1.95 bits per heavy atom. The highest BCUT2D eigenvalue weighted by Crippen LogP contribution is 2.22. The number of nitrogens with one attached hydrogen (secondary N) is 1. The average Bonchev–Trinajstić information content (AvgIpc) is 3.05. The third kappa shape index (κ3) is 3.73. The molecule has 0 aliphatic carbocycles. The Hall–Kier alpha value is -2.07. The van der Waals surface area contributed by atoms with Crippen LogP contribution in [0.1, 0.15) is 37.6 Å². The van der Waals surface area contributed by atoms with Crippen molar-refractivity contribution < 1.29 is 9.21 Å². The lowest BCUT2D eigenvalue weighted by Gasteiger charge is -2.22. The molecule has 1 amide bonds. The van der Waals surface area contributed by atoms with Gasteiger partial charge in [-0.15, -0.1) is 0 Å². The molecule has 0 saturated carbocycles. The van der Waals surface area contributed by atoms with Crippen LogP contribution in [0.2, 0.25) is 0 Å². The molecule has 0 saturated heterocycles. The van der Waals surface area contributed by atoms with Gasteiger partial charge >= 0.3 is 0 Å². The molecular weight excluding hydrogens is 264 g/mol. The molecule has 112 valence electrons. The minimum Gasteiger partial charge on any atom is -0.467 e. The normalized spacial score (nSPS) is 15.2. The van der Waals surface area contributed by atoms with Crippen LogP contribution in [0.15, 0.2) is 53.1 Å². The monoisotopic (exact) mass is 286 g/mol. The molecule has 3 N–H and O–H groups in total. The topological polar surface area (TPSA) is 68.3 Å². The Morgan fingerprint density at radius 1 is 1.24 bits per heavy atom. The van der Waals surface area contributed by atoms with Crippen molar-refractivity contribution in [1.82, 2.24) is 5.32 Å². The second-order valence-electron chi connectivity index (χ2n) is 5.28. The highest BCUT2D eigenvalue weighted by molar-refractivity contribution is 5.82. The summed E-state index contributed by atoms with van der Waals surface area (Å²) < 4.78 is 5.46. The second kappa shape index (κ2) is 7.09. The van der Waals surface area contributed by atoms with Gasteiger partial charge in [0.1, 0.15) is 11.8 Å². The van der Waals surface area contributed by atoms with E-state index in [0.717, 1.165) is 12.0 Å². The van der Waals surface area contributed by atoms with Gasteiger partial charge in [0.15, 0.2) is 0 Å². The fourth-order valence-electron chi connectivity index (χ4n) is 2.17. The number of furan rings is 1. The van der Waals surface area contributed by atoms with E-state index in [2.05, 4.69) is 5.32 Å². The lowest BCUT2D eigenvalue weighted by Crippen LogP contribution is -2.46. The van der Waals surface area contributed by atoms with E-state index < -0.39 is 6.04 Å². The molecule has 4 heteroatoms. The van der Waals surface area contributed by atoms with Crippen molar-refractivity contribution in [3.05, 3.63) is 60.1 Å². The van der Waals surface area contributed by atoms with E-state index in [0.29, 0.717) is 5.76 Å². The Kier molecular flexibility index (Phi) is 5.17. The maximum absolute atomic E-state index is 12.3. The van der Waals surface area contributed by atoms with Crippen molar-refractivity contribution in [2.45, 2.75) is 32.4 Å². The maximum atomic E-state index is 12.3. The fraction of sp³-hybridized carbons (Fsp3) is 0.353. The number of hydrogen-bond donors (Lipinski definition) is 2. The summed E-state index contributed by atoms with van der Waals surface area (Å²) in [5, 5.41) is 2.99. The standard InChI is InChI=1S/C17H22N2O2/c1-3-12(2)15(18)17(20)19-16(14-10-7-11-21-14)13-8-5-4-6-9-13/h4-12,15-16H,3,18H2,1-2H3,(H,19,20). The van der Waals surface area contributed by atoms with E-state index in [4.69, 9.17) is 10.2 Å². The molecule has 0 fully saturated rings. The number of carbonyl (C=O) groups is 1. The third-order valence-corrected chi connectivity index (χ3v) is 3.81. The van der Waals surface area contributed by atoms with E-state index in [1.807, 2.05) is 56.3 Å². The summed E-state index contributed by atoms with van der Waals surface area (Å²) in [5.41, 5.74) is 6.98. The van der Waals surface area contributed by atoms with Gasteiger partial charge in [0, 0.05) is 0 Å². The summed E-state index contributed by atoms with van der Waals surface area (Å²) in [6, 6.07) is 12.6. The summed E-state index contributed by atoms with van der Waals surface area (Å²) in [6.45, 7) is 4.01. The van der Waals surface area contributed by atoms with Crippen LogP contribution in [0.5, 0.6) is 0 Å². The first-order valence-electron chi connectivity index (χ1n) is 7.27. The molecule has 0 spiro atoms. The maximum Gasteiger partial charge on any atom is 0.238 e. The zero-order valence-electron chi connectivity index (χ0n) is 12.5. The van der Waals surface area contributed by atoms with Crippen LogP contribution in [-0.4, -0.2) is 11.9 Å². The van der Waals surface area contributed by atoms with Crippen molar-refractivity contribution >= 4 is 5.91 Å². The molecule has 3 atom stereocenters. The first-order chi connectivity index (χ1) is 10.1. The molecule has 4 nitrogen and oxygen atoms in total. The largest absolute Gasteiger partial charge is 0.467 e. The van der Waals surface area contributed by atoms with Crippen LogP contribution in [0.4, 0.5) is 0 Å². The number of hydrogen-bond acceptors (Lipinski definition) is 3. The molecule has 0 aliphatic rings. The molecule has 3 unspecified atom stereocenters. The van der Waals surface area contributed by atoms with Crippen LogP contribution < -0.4 is 11.1 Å². The van der Waals surface area contributed by atoms with Crippen LogP contribution in [0.25, 0.3) is 0 Å². The zero-order valence-corrected chi connectivity index (χ0v) is 12.5. The molecule has 1 heterocycles. The van der Waals surface area contributed by atoms with Crippen LogP contribution in [0, 0.1) is 5.92 Å². The summed E-state index contributed by atoms with van der Waals surface area (Å²) in [6.07, 6.45) is 2.47. The lowest BCUT2D eigenvalue weighted by atomic mass is 9.98. The molecule has 2 aromatic rings. The predicted molar refractivity (Wildman–Crippen MR) is 82.6 cm³/mol. The Labute approximate surface area is 125 Å². The van der Waals surface area contributed by atoms with E-state index in [-0.39, 0.29) is 17.9 Å². The van der Waals surface area contributed by atoms with Crippen molar-refractivity contribution in [3.8, 4) is 0 Å². The van der Waals surface area contributed by atoms with Gasteiger partial charge in [0.05, 0.1) is 12.3 Å². The molecular formula is C17H22N2O2. The lowest BCUT2D eigenvalue weighted by molar-refractivity contribution is -0.124. The van der Waals surface area contributed by atoms with Gasteiger partial charge in [-0.2, -0.15) is 0 Å². The molecule has 2 rings (SSSR count). The molecule has 0 aliphatic heterocycles. The first-order valence-corrected chi connectivity index (χ1v) is 7.27. The van der Waals surface area contributed by atoms with Gasteiger partial charge in [-0.25, -0.2) is 0 Å². The van der Waals surface area contributed by atoms with Crippen LogP contribution in [0.3, 0.4) is 0 Å². The highest BCUT2D eigenvalue weighted by atomic mass is 16.3. The molecule has 21 heavy (non-hydrogen) atoms. The molecule has 1 aromatic heterocycles. The second-order valence-corrected chi connectivity index (χ2v) is 5.28. The predicted octanol–water partition coefficient (Wildman–Crippen LogP) is 2.86. The van der Waals surface area contributed by atoms with E-state index in [9.17, 15) is 4.79 Å². The Morgan fingerprint density at radius 3 is 2.52 bits per heavy atom. The van der Waals surface area contributed by atoms with Crippen molar-refractivity contribution in [2.24, 2.45) is 11.7 Å². The SMILES string of the molecule is CCC(C)C(N)C(=O)NC(c1ccccc1)c1ccco1. The van der Waals surface area contributed by atoms with E-state index >= 15 is 0 Å². The summed E-state index contributed by atoms with van der Waals surface area (Å²) >= 11 is 0. The summed E-state index contributed by atoms with van der Waals surface area (Å²) in [4.78, 5) is 12.3. The van der Waals surface area contributed by atoms with Gasteiger partial charge in [-0.05, 0) is 23.6 Å². The highest BCUT2D eigenvalue weighted by Gasteiger charge is 2.25. The van der Waals surface area contributed by atoms with Crippen molar-refractivity contribution in [1.29, 1.82) is 0 Å². The quantitative estimate of drug-likeness (QED) is 0.858. The number of rotatable bonds is 6. The number of amides is 1. The van der Waals surface area contributed by atoms with Crippen molar-refractivity contribution in [3.63, 3.8) is 0 Å². The Bertz CT molecular complexity index is 551. The first kappa shape index (κ1) is 15.3. The summed E-state index contributed by atoms with van der Waals surface area (Å²) in [7, 11) is 0. The van der Waals surface area contributed by atoms with Crippen LogP contribution >= 0.6 is 0 Å². The van der Waals surface area contributed by atoms with Gasteiger partial charge < -0.3 is 15.5 Å². The number of carbonyl (C=O) groups excluding carboxylic acids is 1. The number of nitrogens with two attached hydrogens (primary N) is 1. The smallest absolute Gasteiger partial charge is 0.238 e. The minimum atomic E-state index is -0.517. The summed E-state index contributed by atoms with van der Waals surface area (Å²) in [5.74, 6) is 0.679. The number of benzene rings is 1. The molecule has 0 bridgehead atoms. The minimum absolute atomic E-state index is 0.137. The zero-order chi connectivity index (χ0) is 15.2. The van der Waals surface area contributed by atoms with Gasteiger partial charge in [-0.3, -0.25) is 4.79 Å². The molecule has 0 radical (unpaired) electrons. The van der Waals surface area contributed by atoms with E-state index in [1.165, 1.54) is 0 Å². The Balaban J connectivity index is 2.20. The molecule has 1 aromatic carbocycles. The van der Waals surface area contributed by atoms with Crippen molar-refractivity contribution in [2.75, 3.05) is 0 Å².